The number of benzene rings is 2. The second-order valence-electron chi connectivity index (χ2n) is 7.76. The van der Waals surface area contributed by atoms with Crippen molar-refractivity contribution in [3.63, 3.8) is 0 Å². The number of rotatable bonds is 15. The number of nitrogens with one attached hydrogen (secondary N) is 2. The van der Waals surface area contributed by atoms with Gasteiger partial charge in [0.05, 0.1) is 6.04 Å². The molecule has 0 saturated carbocycles. The SMILES string of the molecule is CCCOCC(=O)[C@H](CCCCNC(=O)OCc1ccccc1)NC(=O)OCc1ccccc1. The summed E-state index contributed by atoms with van der Waals surface area (Å²) in [4.78, 5) is 36.6. The van der Waals surface area contributed by atoms with Crippen LogP contribution < -0.4 is 10.6 Å². The summed E-state index contributed by atoms with van der Waals surface area (Å²) in [6.07, 6.45) is 1.31. The van der Waals surface area contributed by atoms with Crippen molar-refractivity contribution in [2.75, 3.05) is 19.8 Å². The summed E-state index contributed by atoms with van der Waals surface area (Å²) in [7, 11) is 0. The van der Waals surface area contributed by atoms with Crippen molar-refractivity contribution in [2.24, 2.45) is 0 Å². The van der Waals surface area contributed by atoms with Crippen LogP contribution in [0.2, 0.25) is 0 Å². The van der Waals surface area contributed by atoms with E-state index < -0.39 is 18.2 Å². The number of carbonyl (C=O) groups excluding carboxylic acids is 3. The van der Waals surface area contributed by atoms with Crippen molar-refractivity contribution in [3.05, 3.63) is 71.8 Å². The van der Waals surface area contributed by atoms with E-state index in [4.69, 9.17) is 14.2 Å². The van der Waals surface area contributed by atoms with E-state index in [-0.39, 0.29) is 25.6 Å². The zero-order chi connectivity index (χ0) is 24.4. The molecule has 0 fully saturated rings. The summed E-state index contributed by atoms with van der Waals surface area (Å²) in [5.74, 6) is -0.208. The van der Waals surface area contributed by atoms with Gasteiger partial charge in [-0.15, -0.1) is 0 Å². The maximum absolute atomic E-state index is 12.5. The Kier molecular flexibility index (Phi) is 12.8. The molecule has 2 aromatic carbocycles. The molecular formula is C26H34N2O6. The van der Waals surface area contributed by atoms with Gasteiger partial charge in [-0.3, -0.25) is 4.79 Å². The first kappa shape index (κ1) is 26.9. The van der Waals surface area contributed by atoms with Crippen LogP contribution in [-0.4, -0.2) is 43.8 Å². The van der Waals surface area contributed by atoms with E-state index in [0.29, 0.717) is 32.4 Å². The lowest BCUT2D eigenvalue weighted by Crippen LogP contribution is -2.42. The normalized spacial score (nSPS) is 11.3. The number of ketones is 1. The molecule has 2 amide bonds. The van der Waals surface area contributed by atoms with E-state index in [1.54, 1.807) is 0 Å². The molecule has 34 heavy (non-hydrogen) atoms. The fourth-order valence-corrected chi connectivity index (χ4v) is 3.08. The van der Waals surface area contributed by atoms with Crippen molar-refractivity contribution >= 4 is 18.0 Å². The monoisotopic (exact) mass is 470 g/mol. The van der Waals surface area contributed by atoms with E-state index in [9.17, 15) is 14.4 Å². The third-order valence-corrected chi connectivity index (χ3v) is 4.89. The van der Waals surface area contributed by atoms with Crippen LogP contribution in [0.3, 0.4) is 0 Å². The Labute approximate surface area is 201 Å². The predicted molar refractivity (Wildman–Crippen MR) is 128 cm³/mol. The van der Waals surface area contributed by atoms with E-state index in [1.807, 2.05) is 67.6 Å². The Morgan fingerprint density at radius 1 is 0.824 bits per heavy atom. The summed E-state index contributed by atoms with van der Waals surface area (Å²) < 4.78 is 15.8. The van der Waals surface area contributed by atoms with Gasteiger partial charge in [0.15, 0.2) is 5.78 Å². The van der Waals surface area contributed by atoms with Crippen LogP contribution in [0, 0.1) is 0 Å². The van der Waals surface area contributed by atoms with Gasteiger partial charge >= 0.3 is 12.2 Å². The summed E-state index contributed by atoms with van der Waals surface area (Å²) in [5.41, 5.74) is 1.77. The van der Waals surface area contributed by atoms with Gasteiger partial charge in [0.25, 0.3) is 0 Å². The smallest absolute Gasteiger partial charge is 0.408 e. The maximum Gasteiger partial charge on any atom is 0.408 e. The minimum absolute atomic E-state index is 0.0679. The molecule has 0 radical (unpaired) electrons. The molecule has 0 unspecified atom stereocenters. The van der Waals surface area contributed by atoms with Gasteiger partial charge < -0.3 is 24.8 Å². The number of Topliss-reactive ketones (excluding diaryl/α,β-unsaturated/α-hetero) is 1. The fraction of sp³-hybridized carbons (Fsp3) is 0.423. The number of hydrogen-bond acceptors (Lipinski definition) is 6. The average Bonchev–Trinajstić information content (AvgIpc) is 2.86. The third kappa shape index (κ3) is 11.5. The number of alkyl carbamates (subject to hydrolysis) is 2. The van der Waals surface area contributed by atoms with Crippen LogP contribution in [0.1, 0.15) is 43.7 Å². The molecular weight excluding hydrogens is 436 g/mol. The highest BCUT2D eigenvalue weighted by Gasteiger charge is 2.21. The van der Waals surface area contributed by atoms with Crippen LogP contribution in [0.25, 0.3) is 0 Å². The molecule has 0 spiro atoms. The van der Waals surface area contributed by atoms with Gasteiger partial charge in [0.2, 0.25) is 0 Å². The average molecular weight is 471 g/mol. The predicted octanol–water partition coefficient (Wildman–Crippen LogP) is 4.37. The summed E-state index contributed by atoms with van der Waals surface area (Å²) in [5, 5.41) is 5.34. The molecule has 0 aromatic heterocycles. The minimum Gasteiger partial charge on any atom is -0.445 e. The molecule has 0 aliphatic heterocycles. The lowest BCUT2D eigenvalue weighted by atomic mass is 10.1. The zero-order valence-corrected chi connectivity index (χ0v) is 19.7. The minimum atomic E-state index is -0.717. The van der Waals surface area contributed by atoms with Gasteiger partial charge in [0.1, 0.15) is 19.8 Å². The number of unbranched alkanes of at least 4 members (excludes halogenated alkanes) is 1. The molecule has 184 valence electrons. The summed E-state index contributed by atoms with van der Waals surface area (Å²) in [6.45, 7) is 3.09. The largest absolute Gasteiger partial charge is 0.445 e. The van der Waals surface area contributed by atoms with Crippen molar-refractivity contribution in [1.82, 2.24) is 10.6 Å². The molecule has 0 heterocycles. The second-order valence-corrected chi connectivity index (χ2v) is 7.76. The van der Waals surface area contributed by atoms with Crippen LogP contribution in [0.4, 0.5) is 9.59 Å². The standard InChI is InChI=1S/C26H34N2O6/c1-2-17-32-20-24(29)23(28-26(31)34-19-22-13-7-4-8-14-22)15-9-10-16-27-25(30)33-18-21-11-5-3-6-12-21/h3-8,11-14,23H,2,9-10,15-20H2,1H3,(H,27,30)(H,28,31)/t23-/m0/s1. The Balaban J connectivity index is 1.70. The molecule has 0 aliphatic carbocycles. The molecule has 1 atom stereocenters. The third-order valence-electron chi connectivity index (χ3n) is 4.89. The van der Waals surface area contributed by atoms with E-state index >= 15 is 0 Å². The van der Waals surface area contributed by atoms with Gasteiger partial charge in [-0.2, -0.15) is 0 Å². The van der Waals surface area contributed by atoms with Gasteiger partial charge in [-0.1, -0.05) is 67.6 Å². The van der Waals surface area contributed by atoms with Gasteiger partial charge in [-0.05, 0) is 36.8 Å². The van der Waals surface area contributed by atoms with Crippen molar-refractivity contribution in [2.45, 2.75) is 51.9 Å². The molecule has 8 nitrogen and oxygen atoms in total. The molecule has 8 heteroatoms. The Morgan fingerprint density at radius 3 is 2.00 bits per heavy atom. The molecule has 2 aromatic rings. The highest BCUT2D eigenvalue weighted by molar-refractivity contribution is 5.88. The topological polar surface area (TPSA) is 103 Å². The molecule has 2 N–H and O–H groups in total. The van der Waals surface area contributed by atoms with Gasteiger partial charge in [-0.25, -0.2) is 9.59 Å². The number of amides is 2. The van der Waals surface area contributed by atoms with E-state index in [0.717, 1.165) is 17.5 Å². The number of carbonyl (C=O) groups is 3. The molecule has 0 bridgehead atoms. The summed E-state index contributed by atoms with van der Waals surface area (Å²) >= 11 is 0. The van der Waals surface area contributed by atoms with Crippen molar-refractivity contribution < 1.29 is 28.6 Å². The Bertz CT molecular complexity index is 860. The van der Waals surface area contributed by atoms with E-state index in [2.05, 4.69) is 10.6 Å². The highest BCUT2D eigenvalue weighted by atomic mass is 16.6. The van der Waals surface area contributed by atoms with Gasteiger partial charge in [0, 0.05) is 13.2 Å². The number of ether oxygens (including phenoxy) is 3. The highest BCUT2D eigenvalue weighted by Crippen LogP contribution is 2.06. The van der Waals surface area contributed by atoms with Crippen LogP contribution >= 0.6 is 0 Å². The maximum atomic E-state index is 12.5. The van der Waals surface area contributed by atoms with Crippen LogP contribution in [0.5, 0.6) is 0 Å². The lowest BCUT2D eigenvalue weighted by Gasteiger charge is -2.18. The molecule has 0 saturated heterocycles. The second kappa shape index (κ2) is 16.3. The zero-order valence-electron chi connectivity index (χ0n) is 19.7. The quantitative estimate of drug-likeness (QED) is 0.375. The molecule has 0 aliphatic rings. The van der Waals surface area contributed by atoms with Crippen molar-refractivity contribution in [1.29, 1.82) is 0 Å². The Hall–Kier alpha value is -3.39. The number of hydrogen-bond donors (Lipinski definition) is 2. The van der Waals surface area contributed by atoms with Crippen LogP contribution in [0.15, 0.2) is 60.7 Å². The summed E-state index contributed by atoms with van der Waals surface area (Å²) in [6, 6.07) is 18.0. The first-order chi connectivity index (χ1) is 16.6. The van der Waals surface area contributed by atoms with Crippen molar-refractivity contribution in [3.8, 4) is 0 Å². The first-order valence-corrected chi connectivity index (χ1v) is 11.6. The lowest BCUT2D eigenvalue weighted by molar-refractivity contribution is -0.125. The first-order valence-electron chi connectivity index (χ1n) is 11.6. The molecule has 2 rings (SSSR count). The van der Waals surface area contributed by atoms with E-state index in [1.165, 1.54) is 0 Å². The fourth-order valence-electron chi connectivity index (χ4n) is 3.08. The van der Waals surface area contributed by atoms with Crippen LogP contribution in [-0.2, 0) is 32.2 Å². The Morgan fingerprint density at radius 2 is 1.41 bits per heavy atom.